The molecule has 0 spiro atoms. The third-order valence-corrected chi connectivity index (χ3v) is 5.50. The molecule has 3 nitrogen and oxygen atoms in total. The van der Waals surface area contributed by atoms with Gasteiger partial charge in [-0.25, -0.2) is 0 Å². The fraction of sp³-hybridized carbons (Fsp3) is 0.529. The largest absolute Gasteiger partial charge is 0.351 e. The van der Waals surface area contributed by atoms with Crippen molar-refractivity contribution in [2.75, 3.05) is 0 Å². The lowest BCUT2D eigenvalue weighted by atomic mass is 9.68. The summed E-state index contributed by atoms with van der Waals surface area (Å²) < 4.78 is 0. The molecule has 2 fully saturated rings. The Morgan fingerprint density at radius 3 is 2.95 bits per heavy atom. The number of aromatic nitrogens is 1. The molecular weight excluding hydrogens is 248 g/mol. The molecule has 106 valence electrons. The van der Waals surface area contributed by atoms with Crippen LogP contribution in [0.25, 0.3) is 0 Å². The van der Waals surface area contributed by atoms with Crippen LogP contribution in [0.15, 0.2) is 36.7 Å². The molecule has 20 heavy (non-hydrogen) atoms. The first-order valence-corrected chi connectivity index (χ1v) is 7.34. The maximum Gasteiger partial charge on any atom is 0.230 e. The SMILES string of the molecule is C=C1C(C)(C)[C@@H]2CC[C@]1(C(=O)NCc1cccnc1)C2. The van der Waals surface area contributed by atoms with Crippen molar-refractivity contribution in [2.45, 2.75) is 39.7 Å². The number of hydrogen-bond acceptors (Lipinski definition) is 2. The van der Waals surface area contributed by atoms with Gasteiger partial charge in [0.1, 0.15) is 0 Å². The molecule has 1 heterocycles. The predicted octanol–water partition coefficient (Wildman–Crippen LogP) is 3.08. The zero-order chi connectivity index (χ0) is 14.4. The van der Waals surface area contributed by atoms with Gasteiger partial charge in [0.05, 0.1) is 5.41 Å². The molecule has 2 bridgehead atoms. The van der Waals surface area contributed by atoms with Crippen LogP contribution in [0.4, 0.5) is 0 Å². The lowest BCUT2D eigenvalue weighted by molar-refractivity contribution is -0.128. The Morgan fingerprint density at radius 1 is 1.55 bits per heavy atom. The first-order valence-electron chi connectivity index (χ1n) is 7.34. The van der Waals surface area contributed by atoms with Crippen LogP contribution in [0.3, 0.4) is 0 Å². The first kappa shape index (κ1) is 13.3. The van der Waals surface area contributed by atoms with Gasteiger partial charge >= 0.3 is 0 Å². The zero-order valence-corrected chi connectivity index (χ0v) is 12.3. The fourth-order valence-corrected chi connectivity index (χ4v) is 4.00. The summed E-state index contributed by atoms with van der Waals surface area (Å²) in [5, 5.41) is 3.09. The van der Waals surface area contributed by atoms with Gasteiger partial charge in [-0.05, 0) is 42.2 Å². The van der Waals surface area contributed by atoms with Crippen LogP contribution in [-0.4, -0.2) is 10.9 Å². The number of nitrogens with zero attached hydrogens (tertiary/aromatic N) is 1. The van der Waals surface area contributed by atoms with Crippen molar-refractivity contribution in [1.29, 1.82) is 0 Å². The van der Waals surface area contributed by atoms with Crippen LogP contribution in [0.2, 0.25) is 0 Å². The van der Waals surface area contributed by atoms with E-state index in [1.165, 1.54) is 0 Å². The van der Waals surface area contributed by atoms with E-state index in [9.17, 15) is 4.79 Å². The number of hydrogen-bond donors (Lipinski definition) is 1. The summed E-state index contributed by atoms with van der Waals surface area (Å²) in [6, 6.07) is 3.87. The maximum absolute atomic E-state index is 12.7. The number of fused-ring (bicyclic) bond motifs is 2. The Hall–Kier alpha value is -1.64. The highest BCUT2D eigenvalue weighted by Gasteiger charge is 2.60. The first-order chi connectivity index (χ1) is 9.47. The van der Waals surface area contributed by atoms with Crippen molar-refractivity contribution in [3.05, 3.63) is 42.2 Å². The Morgan fingerprint density at radius 2 is 2.35 bits per heavy atom. The van der Waals surface area contributed by atoms with Crippen LogP contribution >= 0.6 is 0 Å². The van der Waals surface area contributed by atoms with E-state index in [-0.39, 0.29) is 16.7 Å². The molecule has 0 aromatic carbocycles. The highest BCUT2D eigenvalue weighted by atomic mass is 16.2. The van der Waals surface area contributed by atoms with E-state index >= 15 is 0 Å². The van der Waals surface area contributed by atoms with Crippen LogP contribution in [0, 0.1) is 16.7 Å². The summed E-state index contributed by atoms with van der Waals surface area (Å²) in [5.74, 6) is 0.763. The molecule has 2 atom stereocenters. The molecule has 0 aliphatic heterocycles. The highest BCUT2D eigenvalue weighted by Crippen LogP contribution is 2.65. The van der Waals surface area contributed by atoms with Gasteiger partial charge in [0.15, 0.2) is 0 Å². The predicted molar refractivity (Wildman–Crippen MR) is 78.8 cm³/mol. The number of amides is 1. The second-order valence-electron chi connectivity index (χ2n) is 6.77. The number of pyridine rings is 1. The van der Waals surface area contributed by atoms with E-state index in [1.807, 2.05) is 12.1 Å². The average molecular weight is 270 g/mol. The van der Waals surface area contributed by atoms with Crippen molar-refractivity contribution in [3.8, 4) is 0 Å². The summed E-state index contributed by atoms with van der Waals surface area (Å²) >= 11 is 0. The minimum absolute atomic E-state index is 0.101. The van der Waals surface area contributed by atoms with Crippen molar-refractivity contribution in [1.82, 2.24) is 10.3 Å². The summed E-state index contributed by atoms with van der Waals surface area (Å²) in [6.45, 7) is 9.28. The number of nitrogens with one attached hydrogen (secondary N) is 1. The van der Waals surface area contributed by atoms with Crippen molar-refractivity contribution in [2.24, 2.45) is 16.7 Å². The third-order valence-electron chi connectivity index (χ3n) is 5.50. The zero-order valence-electron chi connectivity index (χ0n) is 12.3. The van der Waals surface area contributed by atoms with Gasteiger partial charge in [-0.1, -0.05) is 32.1 Å². The lowest BCUT2D eigenvalue weighted by Gasteiger charge is -2.37. The molecule has 3 heteroatoms. The van der Waals surface area contributed by atoms with E-state index in [1.54, 1.807) is 12.4 Å². The maximum atomic E-state index is 12.7. The van der Waals surface area contributed by atoms with Gasteiger partial charge in [-0.3, -0.25) is 9.78 Å². The van der Waals surface area contributed by atoms with E-state index < -0.39 is 0 Å². The van der Waals surface area contributed by atoms with Crippen molar-refractivity contribution < 1.29 is 4.79 Å². The molecule has 1 aromatic heterocycles. The number of carbonyl (C=O) groups is 1. The van der Waals surface area contributed by atoms with Gasteiger partial charge in [0.25, 0.3) is 0 Å². The molecule has 2 aliphatic carbocycles. The summed E-state index contributed by atoms with van der Waals surface area (Å²) in [7, 11) is 0. The molecule has 0 saturated heterocycles. The molecule has 3 rings (SSSR count). The van der Waals surface area contributed by atoms with E-state index in [0.29, 0.717) is 12.5 Å². The smallest absolute Gasteiger partial charge is 0.230 e. The van der Waals surface area contributed by atoms with Gasteiger partial charge in [-0.2, -0.15) is 0 Å². The number of rotatable bonds is 3. The molecule has 0 unspecified atom stereocenters. The van der Waals surface area contributed by atoms with Gasteiger partial charge < -0.3 is 5.32 Å². The van der Waals surface area contributed by atoms with Gasteiger partial charge in [0, 0.05) is 18.9 Å². The summed E-state index contributed by atoms with van der Waals surface area (Å²) in [6.07, 6.45) is 6.61. The Bertz CT molecular complexity index is 549. The fourth-order valence-electron chi connectivity index (χ4n) is 4.00. The van der Waals surface area contributed by atoms with E-state index in [4.69, 9.17) is 0 Å². The quantitative estimate of drug-likeness (QED) is 0.858. The van der Waals surface area contributed by atoms with E-state index in [2.05, 4.69) is 30.7 Å². The van der Waals surface area contributed by atoms with Crippen molar-refractivity contribution in [3.63, 3.8) is 0 Å². The highest BCUT2D eigenvalue weighted by molar-refractivity contribution is 5.87. The minimum atomic E-state index is -0.323. The van der Waals surface area contributed by atoms with Gasteiger partial charge in [0.2, 0.25) is 5.91 Å². The summed E-state index contributed by atoms with van der Waals surface area (Å²) in [5.41, 5.74) is 1.94. The topological polar surface area (TPSA) is 42.0 Å². The van der Waals surface area contributed by atoms with E-state index in [0.717, 1.165) is 30.4 Å². The van der Waals surface area contributed by atoms with Gasteiger partial charge in [-0.15, -0.1) is 0 Å². The molecule has 2 saturated carbocycles. The third kappa shape index (κ3) is 1.80. The van der Waals surface area contributed by atoms with Crippen LogP contribution in [-0.2, 0) is 11.3 Å². The number of carbonyl (C=O) groups excluding carboxylic acids is 1. The van der Waals surface area contributed by atoms with Crippen LogP contribution in [0.5, 0.6) is 0 Å². The molecule has 0 radical (unpaired) electrons. The molecular formula is C17H22N2O. The van der Waals surface area contributed by atoms with Crippen molar-refractivity contribution >= 4 is 5.91 Å². The lowest BCUT2D eigenvalue weighted by Crippen LogP contribution is -2.41. The average Bonchev–Trinajstić information content (AvgIpc) is 2.98. The summed E-state index contributed by atoms with van der Waals surface area (Å²) in [4.78, 5) is 16.8. The van der Waals surface area contributed by atoms with Crippen LogP contribution in [0.1, 0.15) is 38.7 Å². The standard InChI is InChI=1S/C17H22N2O/c1-12-16(2,3)14-6-7-17(12,9-14)15(20)19-11-13-5-4-8-18-10-13/h4-5,8,10,14H,1,6-7,9,11H2,2-3H3,(H,19,20)/t14-,17+/m1/s1. The monoisotopic (exact) mass is 270 g/mol. The van der Waals surface area contributed by atoms with Crippen LogP contribution < -0.4 is 5.32 Å². The Balaban J connectivity index is 1.73. The Labute approximate surface area is 120 Å². The second kappa shape index (κ2) is 4.44. The molecule has 1 aromatic rings. The normalized spacial score (nSPS) is 30.5. The molecule has 1 N–H and O–H groups in total. The molecule has 2 aliphatic rings. The minimum Gasteiger partial charge on any atom is -0.351 e. The second-order valence-corrected chi connectivity index (χ2v) is 6.77. The molecule has 1 amide bonds. The Kier molecular flexibility index (Phi) is 2.96.